The van der Waals surface area contributed by atoms with Crippen LogP contribution in [0.3, 0.4) is 0 Å². The van der Waals surface area contributed by atoms with Gasteiger partial charge in [0.25, 0.3) is 0 Å². The topological polar surface area (TPSA) is 38.9 Å². The Kier molecular flexibility index (Phi) is 5.01. The van der Waals surface area contributed by atoms with Gasteiger partial charge >= 0.3 is 0 Å². The van der Waals surface area contributed by atoms with Gasteiger partial charge in [-0.05, 0) is 53.3 Å². The van der Waals surface area contributed by atoms with E-state index in [4.69, 9.17) is 16.0 Å². The Morgan fingerprint density at radius 1 is 0.759 bits per heavy atom. The first-order valence-corrected chi connectivity index (χ1v) is 10.0. The molecule has 0 fully saturated rings. The predicted molar refractivity (Wildman–Crippen MR) is 119 cm³/mol. The number of aromatic nitrogens is 2. The highest BCUT2D eigenvalue weighted by Crippen LogP contribution is 2.35. The van der Waals surface area contributed by atoms with E-state index in [1.54, 1.807) is 0 Å². The van der Waals surface area contributed by atoms with Crippen molar-refractivity contribution in [3.63, 3.8) is 0 Å². The molecule has 0 spiro atoms. The van der Waals surface area contributed by atoms with E-state index in [1.165, 1.54) is 11.1 Å². The van der Waals surface area contributed by atoms with E-state index in [2.05, 4.69) is 68.2 Å². The van der Waals surface area contributed by atoms with Crippen LogP contribution in [0.5, 0.6) is 0 Å². The lowest BCUT2D eigenvalue weighted by atomic mass is 9.87. The summed E-state index contributed by atoms with van der Waals surface area (Å²) in [4.78, 5) is 0. The van der Waals surface area contributed by atoms with Crippen molar-refractivity contribution >= 4 is 11.6 Å². The van der Waals surface area contributed by atoms with Crippen molar-refractivity contribution < 1.29 is 4.42 Å². The Balaban J connectivity index is 1.74. The molecule has 0 atom stereocenters. The van der Waals surface area contributed by atoms with Crippen LogP contribution in [0.2, 0.25) is 5.02 Å². The van der Waals surface area contributed by atoms with Crippen LogP contribution in [-0.2, 0) is 5.41 Å². The van der Waals surface area contributed by atoms with Gasteiger partial charge in [-0.2, -0.15) is 0 Å². The second-order valence-corrected chi connectivity index (χ2v) is 8.74. The lowest BCUT2D eigenvalue weighted by molar-refractivity contribution is 0.582. The van der Waals surface area contributed by atoms with Crippen molar-refractivity contribution in [2.24, 2.45) is 0 Å². The lowest BCUT2D eigenvalue weighted by Crippen LogP contribution is -2.10. The molecule has 0 aliphatic rings. The van der Waals surface area contributed by atoms with E-state index in [0.29, 0.717) is 16.8 Å². The number of nitrogens with zero attached hydrogens (tertiary/aromatic N) is 2. The minimum Gasteiger partial charge on any atom is -0.416 e. The van der Waals surface area contributed by atoms with E-state index >= 15 is 0 Å². The van der Waals surface area contributed by atoms with Crippen molar-refractivity contribution in [1.29, 1.82) is 0 Å². The smallest absolute Gasteiger partial charge is 0.248 e. The summed E-state index contributed by atoms with van der Waals surface area (Å²) in [5, 5.41) is 9.22. The van der Waals surface area contributed by atoms with Gasteiger partial charge in [0.2, 0.25) is 11.8 Å². The Labute approximate surface area is 176 Å². The number of benzene rings is 3. The van der Waals surface area contributed by atoms with Crippen molar-refractivity contribution in [2.45, 2.75) is 33.1 Å². The maximum Gasteiger partial charge on any atom is 0.248 e. The van der Waals surface area contributed by atoms with Crippen LogP contribution >= 0.6 is 11.6 Å². The molecule has 4 rings (SSSR count). The molecule has 0 radical (unpaired) electrons. The molecular formula is C25H23ClN2O. The second kappa shape index (κ2) is 7.49. The van der Waals surface area contributed by atoms with Gasteiger partial charge in [-0.15, -0.1) is 10.2 Å². The first kappa shape index (κ1) is 19.4. The lowest BCUT2D eigenvalue weighted by Gasteiger charge is -2.18. The third-order valence-electron chi connectivity index (χ3n) is 4.96. The average Bonchev–Trinajstić information content (AvgIpc) is 3.17. The Morgan fingerprint density at radius 2 is 1.48 bits per heavy atom. The van der Waals surface area contributed by atoms with Crippen LogP contribution in [0.1, 0.15) is 31.9 Å². The molecule has 1 aromatic heterocycles. The number of hydrogen-bond donors (Lipinski definition) is 0. The minimum atomic E-state index is 0.0992. The molecule has 0 amide bonds. The molecule has 1 heterocycles. The van der Waals surface area contributed by atoms with Crippen LogP contribution in [-0.4, -0.2) is 10.2 Å². The highest BCUT2D eigenvalue weighted by molar-refractivity contribution is 6.31. The number of rotatable bonds is 3. The summed E-state index contributed by atoms with van der Waals surface area (Å²) in [6.07, 6.45) is 0. The van der Waals surface area contributed by atoms with Crippen molar-refractivity contribution in [2.75, 3.05) is 0 Å². The Hall–Kier alpha value is -2.91. The minimum absolute atomic E-state index is 0.0992. The molecule has 4 heteroatoms. The van der Waals surface area contributed by atoms with Crippen molar-refractivity contribution in [3.8, 4) is 34.0 Å². The number of halogens is 1. The van der Waals surface area contributed by atoms with Crippen LogP contribution in [0.25, 0.3) is 34.0 Å². The van der Waals surface area contributed by atoms with Gasteiger partial charge in [-0.25, -0.2) is 0 Å². The summed E-state index contributed by atoms with van der Waals surface area (Å²) in [5.41, 5.74) is 6.37. The fraction of sp³-hybridized carbons (Fsp3) is 0.200. The van der Waals surface area contributed by atoms with Gasteiger partial charge in [0, 0.05) is 16.1 Å². The van der Waals surface area contributed by atoms with Crippen LogP contribution in [0.15, 0.2) is 71.1 Å². The summed E-state index contributed by atoms with van der Waals surface area (Å²) in [6.45, 7) is 8.65. The third kappa shape index (κ3) is 4.10. The number of hydrogen-bond acceptors (Lipinski definition) is 3. The Morgan fingerprint density at radius 3 is 2.17 bits per heavy atom. The largest absolute Gasteiger partial charge is 0.416 e. The van der Waals surface area contributed by atoms with Crippen LogP contribution in [0.4, 0.5) is 0 Å². The van der Waals surface area contributed by atoms with Gasteiger partial charge in [0.1, 0.15) is 0 Å². The van der Waals surface area contributed by atoms with Gasteiger partial charge in [-0.1, -0.05) is 80.4 Å². The summed E-state index contributed by atoms with van der Waals surface area (Å²) < 4.78 is 6.05. The Bertz CT molecular complexity index is 1150. The molecular weight excluding hydrogens is 380 g/mol. The first-order chi connectivity index (χ1) is 13.8. The molecule has 0 saturated carbocycles. The average molecular weight is 403 g/mol. The monoisotopic (exact) mass is 402 g/mol. The van der Waals surface area contributed by atoms with Gasteiger partial charge in [0.15, 0.2) is 0 Å². The maximum atomic E-state index is 6.28. The van der Waals surface area contributed by atoms with Crippen LogP contribution < -0.4 is 0 Å². The summed E-state index contributed by atoms with van der Waals surface area (Å²) in [6, 6.07) is 22.3. The first-order valence-electron chi connectivity index (χ1n) is 9.63. The van der Waals surface area contributed by atoms with E-state index < -0.39 is 0 Å². The quantitative estimate of drug-likeness (QED) is 0.360. The second-order valence-electron chi connectivity index (χ2n) is 8.30. The van der Waals surface area contributed by atoms with Gasteiger partial charge in [0.05, 0.1) is 0 Å². The molecule has 29 heavy (non-hydrogen) atoms. The maximum absolute atomic E-state index is 6.28. The zero-order valence-electron chi connectivity index (χ0n) is 17.0. The zero-order chi connectivity index (χ0) is 20.6. The molecule has 0 bridgehead atoms. The third-order valence-corrected chi connectivity index (χ3v) is 5.20. The van der Waals surface area contributed by atoms with E-state index in [0.717, 1.165) is 22.3 Å². The predicted octanol–water partition coefficient (Wildman–Crippen LogP) is 7.33. The molecule has 146 valence electrons. The fourth-order valence-corrected chi connectivity index (χ4v) is 3.49. The van der Waals surface area contributed by atoms with E-state index in [1.807, 2.05) is 36.4 Å². The molecule has 3 aromatic carbocycles. The summed E-state index contributed by atoms with van der Waals surface area (Å²) in [5.74, 6) is 0.953. The molecule has 0 saturated heterocycles. The zero-order valence-corrected chi connectivity index (χ0v) is 17.8. The van der Waals surface area contributed by atoms with Crippen molar-refractivity contribution in [3.05, 3.63) is 82.9 Å². The normalized spacial score (nSPS) is 11.6. The molecule has 0 N–H and O–H groups in total. The van der Waals surface area contributed by atoms with E-state index in [9.17, 15) is 0 Å². The summed E-state index contributed by atoms with van der Waals surface area (Å²) >= 11 is 6.28. The van der Waals surface area contributed by atoms with Crippen molar-refractivity contribution in [1.82, 2.24) is 10.2 Å². The SMILES string of the molecule is Cc1cccc(-c2ccc(Cl)cc2-c2nnc(-c3ccc(C(C)(C)C)cc3)o2)c1. The van der Waals surface area contributed by atoms with Gasteiger partial charge < -0.3 is 4.42 Å². The highest BCUT2D eigenvalue weighted by atomic mass is 35.5. The molecule has 0 unspecified atom stereocenters. The standard InChI is InChI=1S/C25H23ClN2O/c1-16-6-5-7-18(14-16)21-13-12-20(26)15-22(21)24-28-27-23(29-24)17-8-10-19(11-9-17)25(2,3)4/h5-15H,1-4H3. The highest BCUT2D eigenvalue weighted by Gasteiger charge is 2.17. The number of aryl methyl sites for hydroxylation is 1. The fourth-order valence-electron chi connectivity index (χ4n) is 3.32. The molecule has 4 aromatic rings. The summed E-state index contributed by atoms with van der Waals surface area (Å²) in [7, 11) is 0. The van der Waals surface area contributed by atoms with Gasteiger partial charge in [-0.3, -0.25) is 0 Å². The van der Waals surface area contributed by atoms with Crippen LogP contribution in [0, 0.1) is 6.92 Å². The molecule has 0 aliphatic heterocycles. The van der Waals surface area contributed by atoms with E-state index in [-0.39, 0.29) is 5.41 Å². The molecule has 3 nitrogen and oxygen atoms in total. The molecule has 0 aliphatic carbocycles.